The van der Waals surface area contributed by atoms with Gasteiger partial charge in [-0.15, -0.1) is 0 Å². The fourth-order valence-electron chi connectivity index (χ4n) is 2.62. The molecule has 2 rings (SSSR count). The number of nitrogens with one attached hydrogen (secondary N) is 1. The second-order valence-electron chi connectivity index (χ2n) is 5.54. The van der Waals surface area contributed by atoms with Gasteiger partial charge in [0, 0.05) is 16.1 Å². The first-order valence-corrected chi connectivity index (χ1v) is 7.70. The molecule has 6 heteroatoms. The molecule has 0 saturated heterocycles. The lowest BCUT2D eigenvalue weighted by Gasteiger charge is -2.31. The minimum Gasteiger partial charge on any atom is -0.349 e. The lowest BCUT2D eigenvalue weighted by atomic mass is 9.85. The highest BCUT2D eigenvalue weighted by Crippen LogP contribution is 2.37. The number of halogens is 4. The summed E-state index contributed by atoms with van der Waals surface area (Å²) in [6.45, 7) is 1.90. The molecule has 0 bridgehead atoms. The summed E-state index contributed by atoms with van der Waals surface area (Å²) in [7, 11) is 0. The number of hydrogen-bond acceptors (Lipinski definition) is 1. The smallest absolute Gasteiger partial charge is 0.349 e. The lowest BCUT2D eigenvalue weighted by molar-refractivity contribution is -0.183. The number of alkyl halides is 3. The van der Waals surface area contributed by atoms with E-state index < -0.39 is 18.1 Å². The molecule has 1 N–H and O–H groups in total. The van der Waals surface area contributed by atoms with E-state index in [2.05, 4.69) is 21.2 Å². The normalized spacial score (nSPS) is 22.9. The van der Waals surface area contributed by atoms with Crippen molar-refractivity contribution in [3.8, 4) is 0 Å². The average molecular weight is 364 g/mol. The van der Waals surface area contributed by atoms with E-state index in [9.17, 15) is 18.0 Å². The summed E-state index contributed by atoms with van der Waals surface area (Å²) in [5, 5.41) is 2.72. The van der Waals surface area contributed by atoms with Crippen LogP contribution in [0.4, 0.5) is 13.2 Å². The second-order valence-corrected chi connectivity index (χ2v) is 6.39. The Morgan fingerprint density at radius 1 is 1.33 bits per heavy atom. The molecule has 1 aliphatic carbocycles. The van der Waals surface area contributed by atoms with Gasteiger partial charge in [-0.05, 0) is 43.9 Å². The van der Waals surface area contributed by atoms with Crippen LogP contribution in [0.25, 0.3) is 0 Å². The molecule has 0 radical (unpaired) electrons. The van der Waals surface area contributed by atoms with Gasteiger partial charge in [-0.1, -0.05) is 28.4 Å². The van der Waals surface area contributed by atoms with E-state index in [4.69, 9.17) is 0 Å². The average Bonchev–Trinajstić information content (AvgIpc) is 2.41. The maximum absolute atomic E-state index is 12.8. The second kappa shape index (κ2) is 6.38. The Bertz CT molecular complexity index is 530. The van der Waals surface area contributed by atoms with Crippen LogP contribution in [-0.4, -0.2) is 18.1 Å². The molecule has 116 valence electrons. The molecule has 0 aromatic heterocycles. The van der Waals surface area contributed by atoms with Gasteiger partial charge in [-0.25, -0.2) is 0 Å². The summed E-state index contributed by atoms with van der Waals surface area (Å²) in [6, 6.07) is 4.77. The Kier molecular flexibility index (Phi) is 4.96. The first-order chi connectivity index (χ1) is 9.77. The maximum Gasteiger partial charge on any atom is 0.391 e. The standard InChI is InChI=1S/C15H17BrF3NO/c1-9-5-6-10(7-13(9)16)14(21)20-12-4-2-3-11(8-12)15(17,18)19/h5-7,11-12H,2-4,8H2,1H3,(H,20,21). The molecule has 0 heterocycles. The number of carbonyl (C=O) groups excluding carboxylic acids is 1. The van der Waals surface area contributed by atoms with Crippen molar-refractivity contribution in [2.75, 3.05) is 0 Å². The van der Waals surface area contributed by atoms with E-state index >= 15 is 0 Å². The number of rotatable bonds is 2. The van der Waals surface area contributed by atoms with Gasteiger partial charge < -0.3 is 5.32 Å². The van der Waals surface area contributed by atoms with Crippen molar-refractivity contribution in [2.45, 2.75) is 44.8 Å². The quantitative estimate of drug-likeness (QED) is 0.816. The monoisotopic (exact) mass is 363 g/mol. The number of benzene rings is 1. The third-order valence-electron chi connectivity index (χ3n) is 3.91. The van der Waals surface area contributed by atoms with Crippen molar-refractivity contribution in [1.29, 1.82) is 0 Å². The van der Waals surface area contributed by atoms with Gasteiger partial charge in [0.1, 0.15) is 0 Å². The maximum atomic E-state index is 12.8. The van der Waals surface area contributed by atoms with Gasteiger partial charge in [0.2, 0.25) is 0 Å². The van der Waals surface area contributed by atoms with Crippen molar-refractivity contribution in [1.82, 2.24) is 5.32 Å². The number of hydrogen-bond donors (Lipinski definition) is 1. The zero-order valence-electron chi connectivity index (χ0n) is 11.6. The van der Waals surface area contributed by atoms with Crippen molar-refractivity contribution >= 4 is 21.8 Å². The van der Waals surface area contributed by atoms with Crippen LogP contribution in [0.5, 0.6) is 0 Å². The van der Waals surface area contributed by atoms with Crippen LogP contribution in [0.2, 0.25) is 0 Å². The van der Waals surface area contributed by atoms with Gasteiger partial charge in [0.15, 0.2) is 0 Å². The summed E-state index contributed by atoms with van der Waals surface area (Å²) >= 11 is 3.35. The van der Waals surface area contributed by atoms with Crippen LogP contribution in [0.1, 0.15) is 41.6 Å². The van der Waals surface area contributed by atoms with Crippen LogP contribution in [0.3, 0.4) is 0 Å². The third kappa shape index (κ3) is 4.22. The van der Waals surface area contributed by atoms with E-state index in [-0.39, 0.29) is 18.7 Å². The lowest BCUT2D eigenvalue weighted by Crippen LogP contribution is -2.41. The first-order valence-electron chi connectivity index (χ1n) is 6.91. The van der Waals surface area contributed by atoms with Crippen LogP contribution in [0, 0.1) is 12.8 Å². The highest BCUT2D eigenvalue weighted by molar-refractivity contribution is 9.10. The van der Waals surface area contributed by atoms with Crippen molar-refractivity contribution < 1.29 is 18.0 Å². The Labute approximate surface area is 130 Å². The molecule has 1 aromatic carbocycles. The Balaban J connectivity index is 2.00. The van der Waals surface area contributed by atoms with Gasteiger partial charge in [0.25, 0.3) is 5.91 Å². The van der Waals surface area contributed by atoms with Crippen LogP contribution < -0.4 is 5.32 Å². The minimum absolute atomic E-state index is 0.0255. The first kappa shape index (κ1) is 16.3. The van der Waals surface area contributed by atoms with E-state index in [0.29, 0.717) is 18.4 Å². The van der Waals surface area contributed by atoms with Gasteiger partial charge >= 0.3 is 6.18 Å². The fourth-order valence-corrected chi connectivity index (χ4v) is 3.00. The summed E-state index contributed by atoms with van der Waals surface area (Å²) in [5.74, 6) is -1.62. The number of amides is 1. The van der Waals surface area contributed by atoms with Crippen LogP contribution >= 0.6 is 15.9 Å². The van der Waals surface area contributed by atoms with E-state index in [1.807, 2.05) is 6.92 Å². The van der Waals surface area contributed by atoms with Gasteiger partial charge in [-0.3, -0.25) is 4.79 Å². The third-order valence-corrected chi connectivity index (χ3v) is 4.76. The molecule has 2 atom stereocenters. The van der Waals surface area contributed by atoms with Crippen molar-refractivity contribution in [3.05, 3.63) is 33.8 Å². The molecule has 0 aliphatic heterocycles. The number of carbonyl (C=O) groups is 1. The summed E-state index contributed by atoms with van der Waals surface area (Å²) in [6.07, 6.45) is -2.94. The summed E-state index contributed by atoms with van der Waals surface area (Å²) < 4.78 is 39.1. The molecular formula is C15H17BrF3NO. The molecule has 2 unspecified atom stereocenters. The van der Waals surface area contributed by atoms with Crippen LogP contribution in [-0.2, 0) is 0 Å². The molecule has 1 amide bonds. The molecule has 21 heavy (non-hydrogen) atoms. The predicted molar refractivity (Wildman–Crippen MR) is 78.1 cm³/mol. The highest BCUT2D eigenvalue weighted by Gasteiger charge is 2.42. The SMILES string of the molecule is Cc1ccc(C(=O)NC2CCCC(C(F)(F)F)C2)cc1Br. The van der Waals surface area contributed by atoms with E-state index in [1.165, 1.54) is 0 Å². The molecule has 1 saturated carbocycles. The highest BCUT2D eigenvalue weighted by atomic mass is 79.9. The largest absolute Gasteiger partial charge is 0.391 e. The molecular weight excluding hydrogens is 347 g/mol. The predicted octanol–water partition coefficient (Wildman–Crippen LogP) is 4.61. The molecule has 0 spiro atoms. The van der Waals surface area contributed by atoms with Crippen molar-refractivity contribution in [3.63, 3.8) is 0 Å². The van der Waals surface area contributed by atoms with E-state index in [1.54, 1.807) is 18.2 Å². The topological polar surface area (TPSA) is 29.1 Å². The van der Waals surface area contributed by atoms with Gasteiger partial charge in [-0.2, -0.15) is 13.2 Å². The Morgan fingerprint density at radius 3 is 2.67 bits per heavy atom. The number of aryl methyl sites for hydroxylation is 1. The fraction of sp³-hybridized carbons (Fsp3) is 0.533. The molecule has 2 nitrogen and oxygen atoms in total. The Morgan fingerprint density at radius 2 is 2.05 bits per heavy atom. The minimum atomic E-state index is -4.17. The summed E-state index contributed by atoms with van der Waals surface area (Å²) in [4.78, 5) is 12.1. The molecule has 1 fully saturated rings. The molecule has 1 aliphatic rings. The Hall–Kier alpha value is -1.04. The molecule has 1 aromatic rings. The zero-order valence-corrected chi connectivity index (χ0v) is 13.2. The van der Waals surface area contributed by atoms with E-state index in [0.717, 1.165) is 10.0 Å². The van der Waals surface area contributed by atoms with Crippen molar-refractivity contribution in [2.24, 2.45) is 5.92 Å². The van der Waals surface area contributed by atoms with Crippen LogP contribution in [0.15, 0.2) is 22.7 Å². The zero-order chi connectivity index (χ0) is 15.6. The summed E-state index contributed by atoms with van der Waals surface area (Å²) in [5.41, 5.74) is 1.46. The van der Waals surface area contributed by atoms with Gasteiger partial charge in [0.05, 0.1) is 5.92 Å².